The number of phenolic OH excluding ortho intramolecular Hbond substituents is 1. The molecule has 0 saturated carbocycles. The van der Waals surface area contributed by atoms with Gasteiger partial charge in [-0.2, -0.15) is 0 Å². The molecule has 5 aromatic rings. The first-order chi connectivity index (χ1) is 19.3. The Balaban J connectivity index is 1.57. The van der Waals surface area contributed by atoms with Gasteiger partial charge in [0.15, 0.2) is 11.5 Å². The van der Waals surface area contributed by atoms with E-state index in [1.807, 2.05) is 0 Å². The van der Waals surface area contributed by atoms with Gasteiger partial charge >= 0.3 is 5.97 Å². The van der Waals surface area contributed by atoms with Crippen molar-refractivity contribution in [1.29, 1.82) is 0 Å². The lowest BCUT2D eigenvalue weighted by atomic mass is 9.85. The van der Waals surface area contributed by atoms with Gasteiger partial charge in [-0.05, 0) is 41.3 Å². The third-order valence-corrected chi connectivity index (χ3v) is 7.12. The molecule has 0 fully saturated rings. The van der Waals surface area contributed by atoms with E-state index >= 15 is 0 Å². The molecule has 40 heavy (non-hydrogen) atoms. The summed E-state index contributed by atoms with van der Waals surface area (Å²) < 4.78 is 27.3. The van der Waals surface area contributed by atoms with Crippen LogP contribution in [0.3, 0.4) is 0 Å². The Bertz CT molecular complexity index is 1950. The van der Waals surface area contributed by atoms with Crippen LogP contribution in [-0.2, 0) is 4.79 Å². The van der Waals surface area contributed by atoms with E-state index in [1.165, 1.54) is 33.7 Å². The fraction of sp³-hybridized carbons (Fsp3) is 0.167. The summed E-state index contributed by atoms with van der Waals surface area (Å²) in [7, 11) is 4.52. The number of hydrogen-bond donors (Lipinski definition) is 2. The standard InChI is InChI=1S/C30H23NO9/c1-36-16-6-4-15-8-18(30(35)31-20(15)10-16)17-11-25(33)40-24-12-21(32)27-28(34)19(13-39-29(27)26(17)24)14-5-7-22(37-2)23(9-14)38-3/h4-10,12-13,17,32H,11H2,1-3H3,(H,31,35)/t17-/m1/s1. The summed E-state index contributed by atoms with van der Waals surface area (Å²) >= 11 is 0. The Morgan fingerprint density at radius 2 is 1.73 bits per heavy atom. The minimum absolute atomic E-state index is 0.0162. The summed E-state index contributed by atoms with van der Waals surface area (Å²) in [6.45, 7) is 0. The Hall–Kier alpha value is -5.25. The van der Waals surface area contributed by atoms with E-state index in [0.29, 0.717) is 33.9 Å². The normalized spacial score (nSPS) is 14.6. The number of esters is 1. The first-order valence-corrected chi connectivity index (χ1v) is 12.3. The molecule has 0 unspecified atom stereocenters. The number of methoxy groups -OCH3 is 3. The molecule has 3 heterocycles. The van der Waals surface area contributed by atoms with Crippen LogP contribution in [0, 0.1) is 0 Å². The number of rotatable bonds is 5. The topological polar surface area (TPSA) is 137 Å². The largest absolute Gasteiger partial charge is 0.507 e. The number of carbonyl (C=O) groups is 1. The van der Waals surface area contributed by atoms with Gasteiger partial charge in [0.05, 0.1) is 38.8 Å². The second-order valence-corrected chi connectivity index (χ2v) is 9.30. The van der Waals surface area contributed by atoms with Crippen molar-refractivity contribution in [3.63, 3.8) is 0 Å². The van der Waals surface area contributed by atoms with Crippen molar-refractivity contribution < 1.29 is 33.3 Å². The second-order valence-electron chi connectivity index (χ2n) is 9.30. The molecule has 0 radical (unpaired) electrons. The predicted octanol–water partition coefficient (Wildman–Crippen LogP) is 4.47. The van der Waals surface area contributed by atoms with Crippen molar-refractivity contribution in [2.24, 2.45) is 0 Å². The van der Waals surface area contributed by atoms with Crippen LogP contribution in [-0.4, -0.2) is 37.4 Å². The Morgan fingerprint density at radius 3 is 2.48 bits per heavy atom. The molecular formula is C30H23NO9. The fourth-order valence-electron chi connectivity index (χ4n) is 5.18. The van der Waals surface area contributed by atoms with Gasteiger partial charge in [-0.3, -0.25) is 14.4 Å². The molecule has 6 rings (SSSR count). The van der Waals surface area contributed by atoms with Crippen LogP contribution in [0.25, 0.3) is 33.0 Å². The molecule has 0 spiro atoms. The number of aromatic amines is 1. The van der Waals surface area contributed by atoms with Gasteiger partial charge in [0.1, 0.15) is 34.5 Å². The Morgan fingerprint density at radius 1 is 0.925 bits per heavy atom. The van der Waals surface area contributed by atoms with Crippen molar-refractivity contribution in [3.8, 4) is 39.9 Å². The van der Waals surface area contributed by atoms with Gasteiger partial charge in [-0.25, -0.2) is 0 Å². The van der Waals surface area contributed by atoms with Crippen molar-refractivity contribution in [2.75, 3.05) is 21.3 Å². The molecule has 0 saturated heterocycles. The number of phenols is 1. The summed E-state index contributed by atoms with van der Waals surface area (Å²) in [4.78, 5) is 42.4. The number of benzene rings is 3. The van der Waals surface area contributed by atoms with E-state index in [0.717, 1.165) is 5.39 Å². The molecule has 0 amide bonds. The molecule has 1 aliphatic rings. The average molecular weight is 542 g/mol. The monoisotopic (exact) mass is 541 g/mol. The highest BCUT2D eigenvalue weighted by molar-refractivity contribution is 5.94. The number of aromatic nitrogens is 1. The van der Waals surface area contributed by atoms with Crippen molar-refractivity contribution >= 4 is 27.8 Å². The summed E-state index contributed by atoms with van der Waals surface area (Å²) in [5, 5.41) is 11.5. The molecular weight excluding hydrogens is 518 g/mol. The van der Waals surface area contributed by atoms with E-state index in [-0.39, 0.29) is 34.3 Å². The predicted molar refractivity (Wildman–Crippen MR) is 146 cm³/mol. The maximum Gasteiger partial charge on any atom is 0.312 e. The van der Waals surface area contributed by atoms with Crippen LogP contribution < -0.4 is 29.9 Å². The summed E-state index contributed by atoms with van der Waals surface area (Å²) in [6.07, 6.45) is 1.11. The molecule has 2 N–H and O–H groups in total. The zero-order valence-corrected chi connectivity index (χ0v) is 21.7. The van der Waals surface area contributed by atoms with Crippen LogP contribution in [0.1, 0.15) is 23.5 Å². The molecule has 1 aliphatic heterocycles. The van der Waals surface area contributed by atoms with Crippen molar-refractivity contribution in [1.82, 2.24) is 4.98 Å². The van der Waals surface area contributed by atoms with Gasteiger partial charge in [-0.15, -0.1) is 0 Å². The van der Waals surface area contributed by atoms with E-state index < -0.39 is 28.6 Å². The maximum atomic E-state index is 13.7. The van der Waals surface area contributed by atoms with Gasteiger partial charge in [0.25, 0.3) is 5.56 Å². The molecule has 0 aliphatic carbocycles. The first kappa shape index (κ1) is 25.1. The minimum atomic E-state index is -0.801. The second kappa shape index (κ2) is 9.49. The minimum Gasteiger partial charge on any atom is -0.507 e. The third-order valence-electron chi connectivity index (χ3n) is 7.12. The third kappa shape index (κ3) is 3.92. The van der Waals surface area contributed by atoms with Gasteiger partial charge < -0.3 is 33.5 Å². The average Bonchev–Trinajstić information content (AvgIpc) is 2.95. The zero-order chi connectivity index (χ0) is 28.1. The van der Waals surface area contributed by atoms with Gasteiger partial charge in [-0.1, -0.05) is 6.07 Å². The van der Waals surface area contributed by atoms with Crippen LogP contribution in [0.4, 0.5) is 0 Å². The fourth-order valence-corrected chi connectivity index (χ4v) is 5.18. The number of hydrogen-bond acceptors (Lipinski definition) is 9. The molecule has 0 bridgehead atoms. The Kier molecular flexibility index (Phi) is 5.95. The zero-order valence-electron chi connectivity index (χ0n) is 21.7. The van der Waals surface area contributed by atoms with Crippen molar-refractivity contribution in [2.45, 2.75) is 12.3 Å². The van der Waals surface area contributed by atoms with E-state index in [9.17, 15) is 19.5 Å². The number of fused-ring (bicyclic) bond motifs is 4. The number of pyridine rings is 1. The number of aromatic hydroxyl groups is 1. The molecule has 202 valence electrons. The highest BCUT2D eigenvalue weighted by atomic mass is 16.5. The molecule has 1 atom stereocenters. The molecule has 2 aromatic heterocycles. The SMILES string of the molecule is COc1ccc2cc([C@H]3CC(=O)Oc4cc(O)c5c(=O)c(-c6ccc(OC)c(OC)c6)coc5c43)c(=O)[nH]c2c1. The van der Waals surface area contributed by atoms with Crippen LogP contribution in [0.5, 0.6) is 28.7 Å². The first-order valence-electron chi connectivity index (χ1n) is 12.3. The number of ether oxygens (including phenoxy) is 4. The van der Waals surface area contributed by atoms with E-state index in [1.54, 1.807) is 42.5 Å². The highest BCUT2D eigenvalue weighted by Gasteiger charge is 2.35. The Labute approximate surface area is 226 Å². The summed E-state index contributed by atoms with van der Waals surface area (Å²) in [6, 6.07) is 13.1. The summed E-state index contributed by atoms with van der Waals surface area (Å²) in [5.74, 6) is -0.318. The van der Waals surface area contributed by atoms with Crippen LogP contribution in [0.2, 0.25) is 0 Å². The van der Waals surface area contributed by atoms with E-state index in [2.05, 4.69) is 4.98 Å². The smallest absolute Gasteiger partial charge is 0.312 e. The summed E-state index contributed by atoms with van der Waals surface area (Å²) in [5.41, 5.74) is 0.918. The number of nitrogens with one attached hydrogen (secondary N) is 1. The molecule has 3 aromatic carbocycles. The van der Waals surface area contributed by atoms with Crippen LogP contribution in [0.15, 0.2) is 68.8 Å². The lowest BCUT2D eigenvalue weighted by molar-refractivity contribution is -0.135. The lowest BCUT2D eigenvalue weighted by Crippen LogP contribution is -2.26. The van der Waals surface area contributed by atoms with E-state index in [4.69, 9.17) is 23.4 Å². The van der Waals surface area contributed by atoms with Gasteiger partial charge in [0, 0.05) is 29.2 Å². The molecule has 10 heteroatoms. The number of carbonyl (C=O) groups excluding carboxylic acids is 1. The molecule has 10 nitrogen and oxygen atoms in total. The number of H-pyrrole nitrogens is 1. The lowest BCUT2D eigenvalue weighted by Gasteiger charge is -2.25. The highest BCUT2D eigenvalue weighted by Crippen LogP contribution is 2.45. The van der Waals surface area contributed by atoms with Crippen LogP contribution >= 0.6 is 0 Å². The quantitative estimate of drug-likeness (QED) is 0.244. The van der Waals surface area contributed by atoms with Crippen molar-refractivity contribution in [3.05, 3.63) is 86.5 Å². The van der Waals surface area contributed by atoms with Gasteiger partial charge in [0.2, 0.25) is 5.43 Å². The maximum absolute atomic E-state index is 13.7.